The summed E-state index contributed by atoms with van der Waals surface area (Å²) >= 11 is 0. The first-order valence-corrected chi connectivity index (χ1v) is 6.26. The summed E-state index contributed by atoms with van der Waals surface area (Å²) in [5.74, 6) is -11.3. The topological polar surface area (TPSA) is 276 Å². The fourth-order valence-corrected chi connectivity index (χ4v) is 1.39. The average Bonchev–Trinajstić information content (AvgIpc) is 2.34. The van der Waals surface area contributed by atoms with Crippen molar-refractivity contribution in [1.29, 1.82) is 0 Å². The van der Waals surface area contributed by atoms with Crippen molar-refractivity contribution < 1.29 is 109 Å². The Kier molecular flexibility index (Phi) is 16.8. The van der Waals surface area contributed by atoms with Crippen molar-refractivity contribution in [3.05, 3.63) is 0 Å². The molecule has 0 aliphatic heterocycles. The van der Waals surface area contributed by atoms with Gasteiger partial charge < -0.3 is 60.0 Å². The van der Waals surface area contributed by atoms with Gasteiger partial charge in [0.2, 0.25) is 0 Å². The van der Waals surface area contributed by atoms with Crippen LogP contribution < -0.4 is 20.4 Å². The molecule has 0 radical (unpaired) electrons. The second kappa shape index (κ2) is 14.1. The molecule has 16 heteroatoms. The standard InChI is InChI=1S/2C6H8O7.2Zn/c2*7-3(8)1-6(13,5(11)12)2-4(9)10;;/h2*13H,1-2H2,(H,7,8)(H,9,10)(H,11,12);;/q;;2*+2/p-4. The molecule has 0 fully saturated rings. The van der Waals surface area contributed by atoms with E-state index >= 15 is 0 Å². The molecule has 0 heterocycles. The van der Waals surface area contributed by atoms with Crippen LogP contribution in [-0.2, 0) is 67.7 Å². The van der Waals surface area contributed by atoms with Gasteiger partial charge >= 0.3 is 50.9 Å². The van der Waals surface area contributed by atoms with Gasteiger partial charge in [0, 0.05) is 37.2 Å². The Morgan fingerprint density at radius 1 is 0.607 bits per heavy atom. The van der Waals surface area contributed by atoms with E-state index in [-0.39, 0.29) is 39.0 Å². The van der Waals surface area contributed by atoms with E-state index < -0.39 is 72.7 Å². The predicted octanol–water partition coefficient (Wildman–Crippen LogP) is -7.84. The smallest absolute Gasteiger partial charge is 0.550 e. The zero-order valence-corrected chi connectivity index (χ0v) is 20.0. The summed E-state index contributed by atoms with van der Waals surface area (Å²) in [6, 6.07) is 0. The fraction of sp³-hybridized carbons (Fsp3) is 0.500. The third kappa shape index (κ3) is 14.1. The van der Waals surface area contributed by atoms with Gasteiger partial charge in [-0.3, -0.25) is 4.79 Å². The minimum Gasteiger partial charge on any atom is -0.550 e. The van der Waals surface area contributed by atoms with Crippen LogP contribution in [0.15, 0.2) is 0 Å². The van der Waals surface area contributed by atoms with Crippen LogP contribution in [0.2, 0.25) is 0 Å². The van der Waals surface area contributed by atoms with Crippen LogP contribution in [-0.4, -0.2) is 67.4 Å². The second-order valence-electron chi connectivity index (χ2n) is 4.87. The van der Waals surface area contributed by atoms with Crippen LogP contribution in [0.3, 0.4) is 0 Å². The summed E-state index contributed by atoms with van der Waals surface area (Å²) in [5, 5.41) is 74.4. The molecule has 0 saturated heterocycles. The molecule has 1 atom stereocenters. The van der Waals surface area contributed by atoms with Crippen LogP contribution >= 0.6 is 0 Å². The summed E-state index contributed by atoms with van der Waals surface area (Å²) in [7, 11) is 0. The van der Waals surface area contributed by atoms with Gasteiger partial charge in [0.25, 0.3) is 0 Å². The molecule has 148 valence electrons. The van der Waals surface area contributed by atoms with E-state index in [0.29, 0.717) is 0 Å². The minimum atomic E-state index is -2.97. The summed E-state index contributed by atoms with van der Waals surface area (Å²) < 4.78 is 0. The van der Waals surface area contributed by atoms with Gasteiger partial charge in [-0.25, -0.2) is 4.79 Å². The molecule has 0 saturated carbocycles. The monoisotopic (exact) mass is 508 g/mol. The third-order valence-electron chi connectivity index (χ3n) is 2.53. The van der Waals surface area contributed by atoms with Crippen molar-refractivity contribution in [2.45, 2.75) is 36.9 Å². The van der Waals surface area contributed by atoms with Crippen molar-refractivity contribution in [2.24, 2.45) is 0 Å². The largest absolute Gasteiger partial charge is 2.00 e. The minimum absolute atomic E-state index is 0. The van der Waals surface area contributed by atoms with Gasteiger partial charge in [0.15, 0.2) is 5.60 Å². The van der Waals surface area contributed by atoms with E-state index in [0.717, 1.165) is 0 Å². The van der Waals surface area contributed by atoms with Crippen molar-refractivity contribution >= 4 is 35.8 Å². The van der Waals surface area contributed by atoms with Gasteiger partial charge in [-0.15, -0.1) is 0 Å². The van der Waals surface area contributed by atoms with Gasteiger partial charge in [-0.1, -0.05) is 0 Å². The molecule has 0 bridgehead atoms. The molecule has 0 aromatic carbocycles. The number of aliphatic hydroxyl groups is 2. The molecule has 0 aromatic heterocycles. The molecular formula is C12H12O14Zn2. The maximum atomic E-state index is 10.3. The first-order valence-electron chi connectivity index (χ1n) is 6.26. The van der Waals surface area contributed by atoms with Gasteiger partial charge in [-0.2, -0.15) is 0 Å². The predicted molar refractivity (Wildman–Crippen MR) is 63.7 cm³/mol. The summed E-state index contributed by atoms with van der Waals surface area (Å²) in [4.78, 5) is 60.3. The Morgan fingerprint density at radius 3 is 1.07 bits per heavy atom. The molecular weight excluding hydrogens is 499 g/mol. The van der Waals surface area contributed by atoms with Crippen LogP contribution in [0.1, 0.15) is 25.7 Å². The van der Waals surface area contributed by atoms with Crippen LogP contribution in [0.25, 0.3) is 0 Å². The molecule has 4 N–H and O–H groups in total. The molecule has 0 amide bonds. The number of carbonyl (C=O) groups excluding carboxylic acids is 4. The maximum Gasteiger partial charge on any atom is 2.00 e. The zero-order chi connectivity index (χ0) is 21.3. The molecule has 0 aromatic rings. The third-order valence-corrected chi connectivity index (χ3v) is 2.53. The fourth-order valence-electron chi connectivity index (χ4n) is 1.39. The number of hydrogen-bond acceptors (Lipinski definition) is 12. The Morgan fingerprint density at radius 2 is 0.893 bits per heavy atom. The SMILES string of the molecule is O=C([O-])CC(O)(CC(=O)O)C(=O)O.O=C([O-])CC(O)(CC(=O)[O-])C(=O)[O-].[Zn+2].[Zn+2]. The summed E-state index contributed by atoms with van der Waals surface area (Å²) in [6.07, 6.45) is -5.16. The van der Waals surface area contributed by atoms with E-state index in [1.54, 1.807) is 0 Å². The second-order valence-corrected chi connectivity index (χ2v) is 4.87. The van der Waals surface area contributed by atoms with E-state index in [1.807, 2.05) is 0 Å². The van der Waals surface area contributed by atoms with E-state index in [9.17, 15) is 49.2 Å². The zero-order valence-electron chi connectivity index (χ0n) is 14.1. The summed E-state index contributed by atoms with van der Waals surface area (Å²) in [6.45, 7) is 0. The molecule has 14 nitrogen and oxygen atoms in total. The van der Waals surface area contributed by atoms with E-state index in [1.165, 1.54) is 0 Å². The van der Waals surface area contributed by atoms with Crippen molar-refractivity contribution in [1.82, 2.24) is 0 Å². The number of rotatable bonds is 10. The molecule has 0 aliphatic rings. The molecule has 0 spiro atoms. The van der Waals surface area contributed by atoms with Crippen molar-refractivity contribution in [3.63, 3.8) is 0 Å². The quantitative estimate of drug-likeness (QED) is 0.198. The first kappa shape index (κ1) is 33.6. The number of carboxylic acid groups (broad SMARTS) is 6. The summed E-state index contributed by atoms with van der Waals surface area (Å²) in [5.41, 5.74) is -5.78. The number of hydrogen-bond donors (Lipinski definition) is 4. The Bertz CT molecular complexity index is 517. The Hall–Kier alpha value is -2.01. The van der Waals surface area contributed by atoms with Gasteiger partial charge in [0.05, 0.1) is 12.4 Å². The molecule has 28 heavy (non-hydrogen) atoms. The van der Waals surface area contributed by atoms with Crippen molar-refractivity contribution in [3.8, 4) is 0 Å². The average molecular weight is 511 g/mol. The van der Waals surface area contributed by atoms with Crippen LogP contribution in [0.5, 0.6) is 0 Å². The first-order chi connectivity index (χ1) is 11.6. The van der Waals surface area contributed by atoms with Crippen LogP contribution in [0, 0.1) is 0 Å². The van der Waals surface area contributed by atoms with Gasteiger partial charge in [0.1, 0.15) is 5.60 Å². The molecule has 0 rings (SSSR count). The Balaban J connectivity index is -0.000000192. The van der Waals surface area contributed by atoms with E-state index in [2.05, 4.69) is 0 Å². The molecule has 1 unspecified atom stereocenters. The van der Waals surface area contributed by atoms with Crippen LogP contribution in [0.4, 0.5) is 0 Å². The van der Waals surface area contributed by atoms with Crippen molar-refractivity contribution in [2.75, 3.05) is 0 Å². The number of carbonyl (C=O) groups is 6. The maximum absolute atomic E-state index is 10.3. The molecule has 0 aliphatic carbocycles. The number of aliphatic carboxylic acids is 6. The normalized spacial score (nSPS) is 11.8. The van der Waals surface area contributed by atoms with E-state index in [4.69, 9.17) is 20.4 Å². The number of carboxylic acids is 6. The Labute approximate surface area is 181 Å². The van der Waals surface area contributed by atoms with Gasteiger partial charge in [-0.05, 0) is 0 Å².